The highest BCUT2D eigenvalue weighted by Gasteiger charge is 2.06. The molecule has 0 saturated heterocycles. The van der Waals surface area contributed by atoms with Gasteiger partial charge in [0.1, 0.15) is 0 Å². The van der Waals surface area contributed by atoms with Crippen LogP contribution in [-0.2, 0) is 13.1 Å². The largest absolute Gasteiger partial charge is 0.329 e. The number of hydrogen-bond acceptors (Lipinski definition) is 3. The fourth-order valence-electron chi connectivity index (χ4n) is 2.04. The first-order chi connectivity index (χ1) is 9.28. The Labute approximate surface area is 134 Å². The van der Waals surface area contributed by atoms with Gasteiger partial charge in [0.25, 0.3) is 0 Å². The summed E-state index contributed by atoms with van der Waals surface area (Å²) in [5.41, 5.74) is 8.20. The van der Waals surface area contributed by atoms with Gasteiger partial charge in [0, 0.05) is 43.0 Å². The van der Waals surface area contributed by atoms with E-state index in [1.165, 1.54) is 11.1 Å². The Morgan fingerprint density at radius 3 is 2.40 bits per heavy atom. The standard InChI is InChI=1S/C15H18BrN3.ClH/c16-15-8-14(9-18-10-15)12-19(7-6-17)11-13-4-2-1-3-5-13;/h1-5,8-10H,6-7,11-12,17H2;1H. The molecule has 0 fully saturated rings. The minimum atomic E-state index is 0. The summed E-state index contributed by atoms with van der Waals surface area (Å²) in [6, 6.07) is 12.6. The van der Waals surface area contributed by atoms with Crippen molar-refractivity contribution in [3.05, 3.63) is 64.4 Å². The molecule has 1 heterocycles. The van der Waals surface area contributed by atoms with Crippen LogP contribution in [0.4, 0.5) is 0 Å². The van der Waals surface area contributed by atoms with Crippen molar-refractivity contribution in [2.45, 2.75) is 13.1 Å². The van der Waals surface area contributed by atoms with Gasteiger partial charge in [-0.25, -0.2) is 0 Å². The predicted molar refractivity (Wildman–Crippen MR) is 88.8 cm³/mol. The van der Waals surface area contributed by atoms with Crippen molar-refractivity contribution < 1.29 is 0 Å². The third-order valence-electron chi connectivity index (χ3n) is 2.86. The van der Waals surface area contributed by atoms with Crippen LogP contribution in [0.25, 0.3) is 0 Å². The SMILES string of the molecule is Cl.NCCN(Cc1ccccc1)Cc1cncc(Br)c1. The van der Waals surface area contributed by atoms with E-state index in [0.717, 1.165) is 24.1 Å². The Bertz CT molecular complexity index is 507. The number of aromatic nitrogens is 1. The van der Waals surface area contributed by atoms with Gasteiger partial charge >= 0.3 is 0 Å². The maximum atomic E-state index is 5.70. The molecule has 0 radical (unpaired) electrons. The lowest BCUT2D eigenvalue weighted by Gasteiger charge is -2.21. The summed E-state index contributed by atoms with van der Waals surface area (Å²) >= 11 is 3.45. The molecule has 0 spiro atoms. The third-order valence-corrected chi connectivity index (χ3v) is 3.30. The smallest absolute Gasteiger partial charge is 0.0410 e. The first-order valence-electron chi connectivity index (χ1n) is 6.33. The summed E-state index contributed by atoms with van der Waals surface area (Å²) in [7, 11) is 0. The zero-order chi connectivity index (χ0) is 13.5. The second-order valence-corrected chi connectivity index (χ2v) is 5.41. The molecule has 0 aliphatic carbocycles. The molecule has 0 unspecified atom stereocenters. The van der Waals surface area contributed by atoms with Crippen molar-refractivity contribution in [3.63, 3.8) is 0 Å². The molecule has 1 aromatic heterocycles. The van der Waals surface area contributed by atoms with E-state index in [1.54, 1.807) is 6.20 Å². The summed E-state index contributed by atoms with van der Waals surface area (Å²) in [4.78, 5) is 6.53. The molecule has 0 bridgehead atoms. The molecule has 0 aliphatic rings. The highest BCUT2D eigenvalue weighted by atomic mass is 79.9. The second-order valence-electron chi connectivity index (χ2n) is 4.50. The first kappa shape index (κ1) is 17.1. The van der Waals surface area contributed by atoms with Crippen LogP contribution in [0.5, 0.6) is 0 Å². The quantitative estimate of drug-likeness (QED) is 0.864. The summed E-state index contributed by atoms with van der Waals surface area (Å²) in [5, 5.41) is 0. The van der Waals surface area contributed by atoms with Gasteiger partial charge in [-0.2, -0.15) is 0 Å². The maximum Gasteiger partial charge on any atom is 0.0410 e. The minimum Gasteiger partial charge on any atom is -0.329 e. The van der Waals surface area contributed by atoms with Crippen molar-refractivity contribution >= 4 is 28.3 Å². The molecule has 2 aromatic rings. The van der Waals surface area contributed by atoms with Crippen LogP contribution in [0, 0.1) is 0 Å². The van der Waals surface area contributed by atoms with Crippen molar-refractivity contribution in [2.75, 3.05) is 13.1 Å². The van der Waals surface area contributed by atoms with Crippen molar-refractivity contribution in [3.8, 4) is 0 Å². The first-order valence-corrected chi connectivity index (χ1v) is 7.13. The maximum absolute atomic E-state index is 5.70. The Morgan fingerprint density at radius 2 is 1.75 bits per heavy atom. The van der Waals surface area contributed by atoms with Crippen LogP contribution in [0.1, 0.15) is 11.1 Å². The summed E-state index contributed by atoms with van der Waals surface area (Å²) in [6.45, 7) is 3.30. The highest BCUT2D eigenvalue weighted by Crippen LogP contribution is 2.13. The van der Waals surface area contributed by atoms with E-state index in [4.69, 9.17) is 5.73 Å². The van der Waals surface area contributed by atoms with Crippen LogP contribution in [0.3, 0.4) is 0 Å². The number of nitrogens with two attached hydrogens (primary N) is 1. The topological polar surface area (TPSA) is 42.1 Å². The van der Waals surface area contributed by atoms with E-state index >= 15 is 0 Å². The zero-order valence-corrected chi connectivity index (χ0v) is 13.6. The Hall–Kier alpha value is -0.940. The van der Waals surface area contributed by atoms with Gasteiger partial charge in [0.05, 0.1) is 0 Å². The van der Waals surface area contributed by atoms with Crippen LogP contribution in [-0.4, -0.2) is 23.0 Å². The van der Waals surface area contributed by atoms with Crippen LogP contribution >= 0.6 is 28.3 Å². The lowest BCUT2D eigenvalue weighted by atomic mass is 10.2. The van der Waals surface area contributed by atoms with Gasteiger partial charge in [-0.1, -0.05) is 30.3 Å². The number of rotatable bonds is 6. The molecular weight excluding hydrogens is 338 g/mol. The average Bonchev–Trinajstić information content (AvgIpc) is 2.40. The minimum absolute atomic E-state index is 0. The van der Waals surface area contributed by atoms with Gasteiger partial charge in [-0.05, 0) is 33.1 Å². The number of nitrogens with zero attached hydrogens (tertiary/aromatic N) is 2. The fourth-order valence-corrected chi connectivity index (χ4v) is 2.45. The Morgan fingerprint density at radius 1 is 1.05 bits per heavy atom. The Balaban J connectivity index is 0.00000200. The van der Waals surface area contributed by atoms with Crippen LogP contribution in [0.15, 0.2) is 53.3 Å². The molecule has 0 saturated carbocycles. The fraction of sp³-hybridized carbons (Fsp3) is 0.267. The molecule has 20 heavy (non-hydrogen) atoms. The van der Waals surface area contributed by atoms with Gasteiger partial charge in [0.15, 0.2) is 0 Å². The normalized spacial score (nSPS) is 10.3. The monoisotopic (exact) mass is 355 g/mol. The molecular formula is C15H19BrClN3. The molecule has 5 heteroatoms. The summed E-state index contributed by atoms with van der Waals surface area (Å²) in [5.74, 6) is 0. The van der Waals surface area contributed by atoms with Crippen molar-refractivity contribution in [1.29, 1.82) is 0 Å². The lowest BCUT2D eigenvalue weighted by molar-refractivity contribution is 0.264. The van der Waals surface area contributed by atoms with Crippen molar-refractivity contribution in [2.24, 2.45) is 5.73 Å². The molecule has 0 atom stereocenters. The molecule has 1 aromatic carbocycles. The number of halogens is 2. The zero-order valence-electron chi connectivity index (χ0n) is 11.2. The van der Waals surface area contributed by atoms with E-state index < -0.39 is 0 Å². The van der Waals surface area contributed by atoms with Gasteiger partial charge in [-0.15, -0.1) is 12.4 Å². The molecule has 0 aliphatic heterocycles. The molecule has 3 nitrogen and oxygen atoms in total. The highest BCUT2D eigenvalue weighted by molar-refractivity contribution is 9.10. The Kier molecular flexibility index (Phi) is 7.77. The van der Waals surface area contributed by atoms with Gasteiger partial charge < -0.3 is 5.73 Å². The van der Waals surface area contributed by atoms with Gasteiger partial charge in [-0.3, -0.25) is 9.88 Å². The van der Waals surface area contributed by atoms with Gasteiger partial charge in [0.2, 0.25) is 0 Å². The number of benzene rings is 1. The summed E-state index contributed by atoms with van der Waals surface area (Å²) in [6.07, 6.45) is 3.70. The third kappa shape index (κ3) is 5.59. The number of hydrogen-bond donors (Lipinski definition) is 1. The van der Waals surface area contributed by atoms with Crippen LogP contribution < -0.4 is 5.73 Å². The van der Waals surface area contributed by atoms with Crippen LogP contribution in [0.2, 0.25) is 0 Å². The van der Waals surface area contributed by atoms with E-state index in [-0.39, 0.29) is 12.4 Å². The predicted octanol–water partition coefficient (Wildman–Crippen LogP) is 3.23. The second kappa shape index (κ2) is 9.08. The molecule has 0 amide bonds. The van der Waals surface area contributed by atoms with E-state index in [1.807, 2.05) is 12.3 Å². The van der Waals surface area contributed by atoms with Crippen molar-refractivity contribution in [1.82, 2.24) is 9.88 Å². The lowest BCUT2D eigenvalue weighted by Crippen LogP contribution is -2.28. The van der Waals surface area contributed by atoms with E-state index in [9.17, 15) is 0 Å². The number of pyridine rings is 1. The molecule has 2 rings (SSSR count). The van der Waals surface area contributed by atoms with E-state index in [0.29, 0.717) is 6.54 Å². The molecule has 2 N–H and O–H groups in total. The summed E-state index contributed by atoms with van der Waals surface area (Å²) < 4.78 is 1.01. The average molecular weight is 357 g/mol. The van der Waals surface area contributed by atoms with E-state index in [2.05, 4.69) is 56.1 Å². The molecule has 108 valence electrons.